The molecule has 0 aliphatic heterocycles. The Kier molecular flexibility index (Phi) is 4.93. The largest absolute Gasteiger partial charge is 0.506 e. The summed E-state index contributed by atoms with van der Waals surface area (Å²) in [6.07, 6.45) is 0. The van der Waals surface area contributed by atoms with E-state index < -0.39 is 0 Å². The Balaban J connectivity index is 2.10. The van der Waals surface area contributed by atoms with Gasteiger partial charge in [0.25, 0.3) is 0 Å². The van der Waals surface area contributed by atoms with E-state index in [0.717, 1.165) is 24.3 Å². The fourth-order valence-electron chi connectivity index (χ4n) is 1.85. The van der Waals surface area contributed by atoms with Crippen LogP contribution in [-0.2, 0) is 0 Å². The number of hydrogen-bond donors (Lipinski definition) is 2. The van der Waals surface area contributed by atoms with Crippen LogP contribution >= 0.6 is 82.3 Å². The SMILES string of the molecule is Oc1c(Cl)cc(Cl)cc1-c1csc(-c2[nH]c(Br)c(Br)c2Br)n1. The molecule has 0 fully saturated rings. The molecule has 2 heterocycles. The lowest BCUT2D eigenvalue weighted by atomic mass is 10.1. The molecule has 3 rings (SSSR count). The highest BCUT2D eigenvalue weighted by molar-refractivity contribution is 9.14. The molecule has 2 aromatic heterocycles. The van der Waals surface area contributed by atoms with Gasteiger partial charge in [0.1, 0.15) is 10.8 Å². The zero-order valence-corrected chi connectivity index (χ0v) is 17.5. The molecule has 9 heteroatoms. The van der Waals surface area contributed by atoms with Crippen molar-refractivity contribution in [2.24, 2.45) is 0 Å². The van der Waals surface area contributed by atoms with Crippen molar-refractivity contribution < 1.29 is 5.11 Å². The van der Waals surface area contributed by atoms with Gasteiger partial charge in [-0.2, -0.15) is 0 Å². The number of thiazole rings is 1. The van der Waals surface area contributed by atoms with Crippen LogP contribution in [0, 0.1) is 0 Å². The molecule has 3 aromatic rings. The maximum Gasteiger partial charge on any atom is 0.143 e. The van der Waals surface area contributed by atoms with E-state index in [4.69, 9.17) is 23.2 Å². The minimum Gasteiger partial charge on any atom is -0.506 e. The van der Waals surface area contributed by atoms with Crippen molar-refractivity contribution >= 4 is 82.3 Å². The van der Waals surface area contributed by atoms with Crippen LogP contribution < -0.4 is 0 Å². The first-order chi connectivity index (χ1) is 10.4. The van der Waals surface area contributed by atoms with Crippen LogP contribution in [0.25, 0.3) is 22.0 Å². The topological polar surface area (TPSA) is 48.9 Å². The first-order valence-electron chi connectivity index (χ1n) is 5.75. The third kappa shape index (κ3) is 2.99. The second kappa shape index (κ2) is 6.45. The van der Waals surface area contributed by atoms with E-state index in [-0.39, 0.29) is 10.8 Å². The van der Waals surface area contributed by atoms with Gasteiger partial charge in [-0.15, -0.1) is 11.3 Å². The molecule has 1 aromatic carbocycles. The molecule has 0 saturated heterocycles. The molecule has 0 atom stereocenters. The van der Waals surface area contributed by atoms with Gasteiger partial charge in [-0.25, -0.2) is 4.98 Å². The molecule has 22 heavy (non-hydrogen) atoms. The van der Waals surface area contributed by atoms with Crippen LogP contribution in [0.2, 0.25) is 10.0 Å². The van der Waals surface area contributed by atoms with Gasteiger partial charge in [0.05, 0.1) is 30.0 Å². The highest BCUT2D eigenvalue weighted by Gasteiger charge is 2.18. The summed E-state index contributed by atoms with van der Waals surface area (Å²) in [5.41, 5.74) is 1.94. The number of nitrogens with one attached hydrogen (secondary N) is 1. The second-order valence-electron chi connectivity index (χ2n) is 4.26. The van der Waals surface area contributed by atoms with Gasteiger partial charge in [0, 0.05) is 16.0 Å². The summed E-state index contributed by atoms with van der Waals surface area (Å²) < 4.78 is 2.57. The van der Waals surface area contributed by atoms with Crippen LogP contribution in [0.4, 0.5) is 0 Å². The quantitative estimate of drug-likeness (QED) is 0.359. The van der Waals surface area contributed by atoms with E-state index in [1.54, 1.807) is 6.07 Å². The number of nitrogens with zero attached hydrogens (tertiary/aromatic N) is 1. The monoisotopic (exact) mass is 544 g/mol. The number of hydrogen-bond acceptors (Lipinski definition) is 3. The van der Waals surface area contributed by atoms with Crippen molar-refractivity contribution in [3.05, 3.63) is 41.1 Å². The maximum absolute atomic E-state index is 10.1. The molecule has 0 radical (unpaired) electrons. The number of aromatic nitrogens is 2. The Labute approximate surface area is 165 Å². The lowest BCUT2D eigenvalue weighted by Gasteiger charge is -2.04. The van der Waals surface area contributed by atoms with Crippen molar-refractivity contribution in [2.75, 3.05) is 0 Å². The molecule has 3 nitrogen and oxygen atoms in total. The molecule has 2 N–H and O–H groups in total. The predicted molar refractivity (Wildman–Crippen MR) is 102 cm³/mol. The fourth-order valence-corrected chi connectivity index (χ4v) is 4.74. The lowest BCUT2D eigenvalue weighted by molar-refractivity contribution is 0.477. The minimum absolute atomic E-state index is 0.0316. The number of aromatic hydroxyl groups is 1. The Morgan fingerprint density at radius 2 is 1.86 bits per heavy atom. The van der Waals surface area contributed by atoms with Crippen LogP contribution in [0.15, 0.2) is 31.1 Å². The molecule has 114 valence electrons. The van der Waals surface area contributed by atoms with Gasteiger partial charge in [-0.3, -0.25) is 0 Å². The van der Waals surface area contributed by atoms with Crippen molar-refractivity contribution in [2.45, 2.75) is 0 Å². The van der Waals surface area contributed by atoms with E-state index in [2.05, 4.69) is 57.8 Å². The van der Waals surface area contributed by atoms with Crippen LogP contribution in [0.5, 0.6) is 5.75 Å². The molecule has 0 aliphatic rings. The zero-order valence-electron chi connectivity index (χ0n) is 10.4. The van der Waals surface area contributed by atoms with Crippen LogP contribution in [0.3, 0.4) is 0 Å². The Morgan fingerprint density at radius 3 is 2.50 bits per heavy atom. The van der Waals surface area contributed by atoms with Crippen molar-refractivity contribution in [3.63, 3.8) is 0 Å². The number of phenols is 1. The first-order valence-corrected chi connectivity index (χ1v) is 9.76. The van der Waals surface area contributed by atoms with Gasteiger partial charge in [0.2, 0.25) is 0 Å². The third-order valence-corrected chi connectivity index (χ3v) is 7.47. The molecule has 0 saturated carbocycles. The summed E-state index contributed by atoms with van der Waals surface area (Å²) in [5, 5.41) is 13.3. The predicted octanol–water partition coefficient (Wildman–Crippen LogP) is 7.11. The molecule has 0 bridgehead atoms. The molecular formula is C13H5Br3Cl2N2OS. The average Bonchev–Trinajstić information content (AvgIpc) is 3.04. The van der Waals surface area contributed by atoms with E-state index in [0.29, 0.717) is 16.3 Å². The zero-order chi connectivity index (χ0) is 16.0. The van der Waals surface area contributed by atoms with Crippen molar-refractivity contribution in [1.29, 1.82) is 0 Å². The van der Waals surface area contributed by atoms with Crippen LogP contribution in [-0.4, -0.2) is 15.1 Å². The minimum atomic E-state index is -0.0316. The fraction of sp³-hybridized carbons (Fsp3) is 0. The summed E-state index contributed by atoms with van der Waals surface area (Å²) in [6, 6.07) is 3.13. The molecule has 0 unspecified atom stereocenters. The number of phenolic OH excluding ortho intramolecular Hbond substituents is 1. The third-order valence-electron chi connectivity index (χ3n) is 2.86. The maximum atomic E-state index is 10.1. The van der Waals surface area contributed by atoms with Crippen molar-refractivity contribution in [3.8, 4) is 27.7 Å². The molecule has 0 amide bonds. The molecule has 0 aliphatic carbocycles. The summed E-state index contributed by atoms with van der Waals surface area (Å²) in [4.78, 5) is 7.73. The van der Waals surface area contributed by atoms with E-state index in [9.17, 15) is 5.11 Å². The Hall–Kier alpha value is -0.0500. The van der Waals surface area contributed by atoms with E-state index in [1.165, 1.54) is 17.4 Å². The van der Waals surface area contributed by atoms with E-state index >= 15 is 0 Å². The number of halogens is 5. The van der Waals surface area contributed by atoms with Gasteiger partial charge < -0.3 is 10.1 Å². The van der Waals surface area contributed by atoms with Crippen LogP contribution in [0.1, 0.15) is 0 Å². The van der Waals surface area contributed by atoms with Gasteiger partial charge >= 0.3 is 0 Å². The number of benzene rings is 1. The highest BCUT2D eigenvalue weighted by atomic mass is 79.9. The smallest absolute Gasteiger partial charge is 0.143 e. The standard InChI is InChI=1S/C13H5Br3Cl2N2OS/c14-8-9(15)12(16)20-10(8)13-19-7(3-22-13)5-1-4(17)2-6(18)11(5)21/h1-3,20-21H. The normalized spacial score (nSPS) is 11.1. The highest BCUT2D eigenvalue weighted by Crippen LogP contribution is 2.43. The summed E-state index contributed by atoms with van der Waals surface area (Å²) in [6.45, 7) is 0. The molecule has 0 spiro atoms. The van der Waals surface area contributed by atoms with Gasteiger partial charge in [-0.05, 0) is 59.9 Å². The number of H-pyrrole nitrogens is 1. The number of rotatable bonds is 2. The Bertz CT molecular complexity index is 879. The lowest BCUT2D eigenvalue weighted by Crippen LogP contribution is -1.83. The van der Waals surface area contributed by atoms with Gasteiger partial charge in [-0.1, -0.05) is 23.2 Å². The summed E-state index contributed by atoms with van der Waals surface area (Å²) >= 11 is 23.8. The van der Waals surface area contributed by atoms with Crippen molar-refractivity contribution in [1.82, 2.24) is 9.97 Å². The number of aromatic amines is 1. The summed E-state index contributed by atoms with van der Waals surface area (Å²) in [7, 11) is 0. The van der Waals surface area contributed by atoms with Gasteiger partial charge in [0.15, 0.2) is 0 Å². The average molecular weight is 548 g/mol. The second-order valence-corrected chi connectivity index (χ2v) is 8.34. The van der Waals surface area contributed by atoms with E-state index in [1.807, 2.05) is 5.38 Å². The summed E-state index contributed by atoms with van der Waals surface area (Å²) in [5.74, 6) is -0.0316. The first kappa shape index (κ1) is 16.8. The molecular weight excluding hydrogens is 543 g/mol. The Morgan fingerprint density at radius 1 is 1.14 bits per heavy atom.